The molecule has 2 fully saturated rings. The van der Waals surface area contributed by atoms with Crippen LogP contribution in [0.1, 0.15) is 26.2 Å². The van der Waals surface area contributed by atoms with Gasteiger partial charge in [0.1, 0.15) is 6.10 Å². The minimum atomic E-state index is -1.16. The first-order valence-corrected chi connectivity index (χ1v) is 8.93. The van der Waals surface area contributed by atoms with E-state index in [-0.39, 0.29) is 19.1 Å². The quantitative estimate of drug-likeness (QED) is 0.827. The highest BCUT2D eigenvalue weighted by atomic mass is 16.5. The molecule has 144 valence electrons. The fourth-order valence-corrected chi connectivity index (χ4v) is 3.71. The van der Waals surface area contributed by atoms with Gasteiger partial charge in [-0.1, -0.05) is 12.1 Å². The second-order valence-electron chi connectivity index (χ2n) is 7.36. The average Bonchev–Trinajstić information content (AvgIpc) is 2.63. The van der Waals surface area contributed by atoms with Gasteiger partial charge in [0.05, 0.1) is 24.9 Å². The number of hydrogen-bond acceptors (Lipinski definition) is 6. The second-order valence-corrected chi connectivity index (χ2v) is 7.36. The SMILES string of the molecule is COc1ccccc1OCC(=O)N1CCC2(CC1)C[C@](C)(O)[C@@H](O)CO2. The van der Waals surface area contributed by atoms with E-state index in [4.69, 9.17) is 14.2 Å². The summed E-state index contributed by atoms with van der Waals surface area (Å²) in [5, 5.41) is 20.2. The van der Waals surface area contributed by atoms with Crippen molar-refractivity contribution < 1.29 is 29.2 Å². The number of para-hydroxylation sites is 2. The summed E-state index contributed by atoms with van der Waals surface area (Å²) >= 11 is 0. The zero-order valence-corrected chi connectivity index (χ0v) is 15.3. The smallest absolute Gasteiger partial charge is 0.260 e. The van der Waals surface area contributed by atoms with Gasteiger partial charge in [0.2, 0.25) is 0 Å². The molecule has 2 aliphatic rings. The van der Waals surface area contributed by atoms with Crippen LogP contribution in [-0.4, -0.2) is 71.7 Å². The predicted octanol–water partition coefficient (Wildman–Crippen LogP) is 0.967. The van der Waals surface area contributed by atoms with Crippen LogP contribution >= 0.6 is 0 Å². The second kappa shape index (κ2) is 7.42. The van der Waals surface area contributed by atoms with E-state index in [0.29, 0.717) is 43.9 Å². The van der Waals surface area contributed by atoms with E-state index in [1.165, 1.54) is 0 Å². The van der Waals surface area contributed by atoms with Crippen molar-refractivity contribution in [3.8, 4) is 11.5 Å². The van der Waals surface area contributed by atoms with Gasteiger partial charge in [-0.05, 0) is 31.9 Å². The van der Waals surface area contributed by atoms with Crippen molar-refractivity contribution in [1.29, 1.82) is 0 Å². The zero-order chi connectivity index (χ0) is 18.8. The van der Waals surface area contributed by atoms with Crippen LogP contribution < -0.4 is 9.47 Å². The number of likely N-dealkylation sites (tertiary alicyclic amines) is 1. The molecule has 1 aromatic carbocycles. The van der Waals surface area contributed by atoms with Gasteiger partial charge in [-0.25, -0.2) is 0 Å². The lowest BCUT2D eigenvalue weighted by molar-refractivity contribution is -0.222. The number of carbonyl (C=O) groups excluding carboxylic acids is 1. The number of hydrogen-bond donors (Lipinski definition) is 2. The summed E-state index contributed by atoms with van der Waals surface area (Å²) in [6.07, 6.45) is 0.773. The topological polar surface area (TPSA) is 88.5 Å². The van der Waals surface area contributed by atoms with Crippen molar-refractivity contribution in [3.05, 3.63) is 24.3 Å². The first-order chi connectivity index (χ1) is 12.4. The van der Waals surface area contributed by atoms with Crippen LogP contribution in [0.3, 0.4) is 0 Å². The summed E-state index contributed by atoms with van der Waals surface area (Å²) in [7, 11) is 1.56. The molecule has 2 aliphatic heterocycles. The molecule has 2 heterocycles. The molecule has 1 spiro atoms. The first-order valence-electron chi connectivity index (χ1n) is 8.93. The standard InChI is InChI=1S/C19H27NO6/c1-18(23)13-19(26-11-16(18)21)7-9-20(10-8-19)17(22)12-25-15-6-4-3-5-14(15)24-2/h3-6,16,21,23H,7-13H2,1-2H3/t16-,18-/m0/s1. The fraction of sp³-hybridized carbons (Fsp3) is 0.632. The molecule has 1 aromatic rings. The number of nitrogens with zero attached hydrogens (tertiary/aromatic N) is 1. The summed E-state index contributed by atoms with van der Waals surface area (Å²) in [5.74, 6) is 1.04. The molecule has 26 heavy (non-hydrogen) atoms. The van der Waals surface area contributed by atoms with Crippen LogP contribution in [0, 0.1) is 0 Å². The van der Waals surface area contributed by atoms with Crippen molar-refractivity contribution in [1.82, 2.24) is 4.90 Å². The number of amides is 1. The molecular weight excluding hydrogens is 338 g/mol. The number of methoxy groups -OCH3 is 1. The van der Waals surface area contributed by atoms with E-state index in [1.54, 1.807) is 31.1 Å². The molecule has 7 nitrogen and oxygen atoms in total. The largest absolute Gasteiger partial charge is 0.493 e. The third-order valence-corrected chi connectivity index (χ3v) is 5.39. The van der Waals surface area contributed by atoms with Gasteiger partial charge in [-0.2, -0.15) is 0 Å². The zero-order valence-electron chi connectivity index (χ0n) is 15.3. The van der Waals surface area contributed by atoms with Crippen molar-refractivity contribution in [2.75, 3.05) is 33.4 Å². The summed E-state index contributed by atoms with van der Waals surface area (Å²) in [6, 6.07) is 7.22. The lowest BCUT2D eigenvalue weighted by atomic mass is 9.76. The molecule has 2 N–H and O–H groups in total. The maximum Gasteiger partial charge on any atom is 0.260 e. The molecule has 0 radical (unpaired) electrons. The molecule has 0 aliphatic carbocycles. The Hall–Kier alpha value is -1.83. The number of aliphatic hydroxyl groups excluding tert-OH is 1. The number of rotatable bonds is 4. The Balaban J connectivity index is 1.52. The molecule has 2 atom stereocenters. The molecule has 7 heteroatoms. The molecular formula is C19H27NO6. The van der Waals surface area contributed by atoms with Crippen molar-refractivity contribution in [2.45, 2.75) is 43.5 Å². The van der Waals surface area contributed by atoms with Crippen LogP contribution in [0.4, 0.5) is 0 Å². The summed E-state index contributed by atoms with van der Waals surface area (Å²) in [5.41, 5.74) is -1.62. The fourth-order valence-electron chi connectivity index (χ4n) is 3.71. The van der Waals surface area contributed by atoms with Crippen LogP contribution in [0.5, 0.6) is 11.5 Å². The number of benzene rings is 1. The lowest BCUT2D eigenvalue weighted by Crippen LogP contribution is -2.59. The molecule has 1 amide bonds. The minimum absolute atomic E-state index is 0.0509. The molecule has 0 aromatic heterocycles. The van der Waals surface area contributed by atoms with E-state index in [9.17, 15) is 15.0 Å². The van der Waals surface area contributed by atoms with Crippen LogP contribution in [0.25, 0.3) is 0 Å². The van der Waals surface area contributed by atoms with E-state index in [2.05, 4.69) is 0 Å². The number of piperidine rings is 1. The minimum Gasteiger partial charge on any atom is -0.493 e. The maximum atomic E-state index is 12.5. The summed E-state index contributed by atoms with van der Waals surface area (Å²) in [6.45, 7) is 2.80. The number of carbonyl (C=O) groups is 1. The van der Waals surface area contributed by atoms with E-state index >= 15 is 0 Å². The van der Waals surface area contributed by atoms with E-state index < -0.39 is 17.3 Å². The lowest BCUT2D eigenvalue weighted by Gasteiger charge is -2.49. The van der Waals surface area contributed by atoms with E-state index in [1.807, 2.05) is 12.1 Å². The summed E-state index contributed by atoms with van der Waals surface area (Å²) in [4.78, 5) is 14.2. The molecule has 2 saturated heterocycles. The first kappa shape index (κ1) is 18.9. The third-order valence-electron chi connectivity index (χ3n) is 5.39. The highest BCUT2D eigenvalue weighted by Crippen LogP contribution is 2.39. The Kier molecular flexibility index (Phi) is 5.41. The third kappa shape index (κ3) is 3.95. The van der Waals surface area contributed by atoms with Crippen molar-refractivity contribution in [3.63, 3.8) is 0 Å². The van der Waals surface area contributed by atoms with Crippen molar-refractivity contribution >= 4 is 5.91 Å². The Labute approximate surface area is 153 Å². The van der Waals surface area contributed by atoms with Gasteiger partial charge >= 0.3 is 0 Å². The molecule has 3 rings (SSSR count). The van der Waals surface area contributed by atoms with Gasteiger partial charge < -0.3 is 29.3 Å². The van der Waals surface area contributed by atoms with Crippen molar-refractivity contribution in [2.24, 2.45) is 0 Å². The number of ether oxygens (including phenoxy) is 3. The Morgan fingerprint density at radius 2 is 1.96 bits per heavy atom. The van der Waals surface area contributed by atoms with Gasteiger partial charge in [-0.3, -0.25) is 4.79 Å². The Morgan fingerprint density at radius 1 is 1.31 bits per heavy atom. The van der Waals surface area contributed by atoms with Gasteiger partial charge in [0.15, 0.2) is 18.1 Å². The van der Waals surface area contributed by atoms with E-state index in [0.717, 1.165) is 0 Å². The normalized spacial score (nSPS) is 28.0. The summed E-state index contributed by atoms with van der Waals surface area (Å²) < 4.78 is 16.7. The highest BCUT2D eigenvalue weighted by Gasteiger charge is 2.48. The van der Waals surface area contributed by atoms with Gasteiger partial charge in [0.25, 0.3) is 5.91 Å². The van der Waals surface area contributed by atoms with Crippen LogP contribution in [-0.2, 0) is 9.53 Å². The Morgan fingerprint density at radius 3 is 2.58 bits per heavy atom. The van der Waals surface area contributed by atoms with Gasteiger partial charge in [-0.15, -0.1) is 0 Å². The molecule has 0 saturated carbocycles. The predicted molar refractivity (Wildman–Crippen MR) is 94.2 cm³/mol. The monoisotopic (exact) mass is 365 g/mol. The van der Waals surface area contributed by atoms with Crippen LogP contribution in [0.2, 0.25) is 0 Å². The number of aliphatic hydroxyl groups is 2. The maximum absolute atomic E-state index is 12.5. The van der Waals surface area contributed by atoms with Crippen LogP contribution in [0.15, 0.2) is 24.3 Å². The average molecular weight is 365 g/mol. The molecule has 0 unspecified atom stereocenters. The molecule has 0 bridgehead atoms. The Bertz CT molecular complexity index is 639. The highest BCUT2D eigenvalue weighted by molar-refractivity contribution is 5.78. The van der Waals surface area contributed by atoms with Gasteiger partial charge in [0, 0.05) is 19.5 Å².